The summed E-state index contributed by atoms with van der Waals surface area (Å²) in [6, 6.07) is 7.95. The van der Waals surface area contributed by atoms with Gasteiger partial charge in [0.1, 0.15) is 18.0 Å². The maximum absolute atomic E-state index is 13.5. The van der Waals surface area contributed by atoms with Gasteiger partial charge in [0.2, 0.25) is 0 Å². The van der Waals surface area contributed by atoms with Crippen molar-refractivity contribution in [1.29, 1.82) is 0 Å². The molecule has 0 bridgehead atoms. The van der Waals surface area contributed by atoms with Gasteiger partial charge in [0.25, 0.3) is 0 Å². The van der Waals surface area contributed by atoms with Crippen LogP contribution < -0.4 is 0 Å². The molecule has 4 rings (SSSR count). The molecular formula is C24H34N2O2. The van der Waals surface area contributed by atoms with Crippen molar-refractivity contribution in [3.05, 3.63) is 30.1 Å². The number of carbonyl (C=O) groups is 1. The van der Waals surface area contributed by atoms with E-state index in [2.05, 4.69) is 38.3 Å². The molecule has 4 heteroatoms. The summed E-state index contributed by atoms with van der Waals surface area (Å²) in [5.74, 6) is 2.99. The van der Waals surface area contributed by atoms with Crippen molar-refractivity contribution in [3.63, 3.8) is 0 Å². The lowest BCUT2D eigenvalue weighted by molar-refractivity contribution is -0.160. The van der Waals surface area contributed by atoms with E-state index in [1.165, 1.54) is 12.8 Å². The minimum Gasteiger partial charge on any atom is -0.461 e. The van der Waals surface area contributed by atoms with Gasteiger partial charge in [-0.1, -0.05) is 46.2 Å². The highest BCUT2D eigenvalue weighted by Crippen LogP contribution is 2.44. The average molecular weight is 383 g/mol. The molecule has 0 spiro atoms. The monoisotopic (exact) mass is 382 g/mol. The van der Waals surface area contributed by atoms with Crippen LogP contribution in [0.1, 0.15) is 71.7 Å². The van der Waals surface area contributed by atoms with Gasteiger partial charge in [-0.2, -0.15) is 0 Å². The molecule has 0 saturated heterocycles. The molecule has 1 aromatic heterocycles. The molecule has 2 aromatic rings. The molecule has 28 heavy (non-hydrogen) atoms. The number of fused-ring (bicyclic) bond motifs is 1. The lowest BCUT2D eigenvalue weighted by Gasteiger charge is -2.37. The van der Waals surface area contributed by atoms with Crippen LogP contribution in [-0.2, 0) is 16.0 Å². The van der Waals surface area contributed by atoms with E-state index in [4.69, 9.17) is 9.72 Å². The van der Waals surface area contributed by atoms with Crippen molar-refractivity contribution in [3.8, 4) is 0 Å². The second kappa shape index (κ2) is 7.88. The number of hydrogen-bond donors (Lipinski definition) is 0. The summed E-state index contributed by atoms with van der Waals surface area (Å²) in [7, 11) is 0. The molecule has 2 fully saturated rings. The number of carbonyl (C=O) groups excluding carboxylic acids is 1. The molecule has 1 aromatic carbocycles. The molecule has 2 aliphatic rings. The zero-order valence-electron chi connectivity index (χ0n) is 17.7. The fourth-order valence-corrected chi connectivity index (χ4v) is 5.04. The number of nitrogens with zero attached hydrogens (tertiary/aromatic N) is 2. The Bertz CT molecular complexity index is 836. The van der Waals surface area contributed by atoms with E-state index in [9.17, 15) is 4.79 Å². The Labute approximate surface area is 168 Å². The number of rotatable bonds is 6. The van der Waals surface area contributed by atoms with Crippen LogP contribution in [-0.4, -0.2) is 21.6 Å². The van der Waals surface area contributed by atoms with Crippen LogP contribution in [0, 0.1) is 23.7 Å². The molecule has 152 valence electrons. The van der Waals surface area contributed by atoms with E-state index in [0.29, 0.717) is 23.7 Å². The molecule has 1 unspecified atom stereocenters. The van der Waals surface area contributed by atoms with Gasteiger partial charge < -0.3 is 9.30 Å². The van der Waals surface area contributed by atoms with Crippen molar-refractivity contribution in [2.75, 3.05) is 0 Å². The minimum absolute atomic E-state index is 0.0369. The van der Waals surface area contributed by atoms with Crippen LogP contribution in [0.15, 0.2) is 24.3 Å². The van der Waals surface area contributed by atoms with Crippen LogP contribution in [0.5, 0.6) is 0 Å². The van der Waals surface area contributed by atoms with Gasteiger partial charge >= 0.3 is 5.97 Å². The summed E-state index contributed by atoms with van der Waals surface area (Å²) >= 11 is 0. The zero-order valence-corrected chi connectivity index (χ0v) is 17.7. The fourth-order valence-electron chi connectivity index (χ4n) is 5.04. The third kappa shape index (κ3) is 3.70. The highest BCUT2D eigenvalue weighted by molar-refractivity contribution is 5.82. The Morgan fingerprint density at radius 2 is 1.96 bits per heavy atom. The number of hydrogen-bond acceptors (Lipinski definition) is 3. The number of aromatic nitrogens is 2. The van der Waals surface area contributed by atoms with Gasteiger partial charge in [-0.05, 0) is 61.5 Å². The smallest absolute Gasteiger partial charge is 0.329 e. The second-order valence-electron chi connectivity index (χ2n) is 9.32. The summed E-state index contributed by atoms with van der Waals surface area (Å²) in [6.45, 7) is 8.93. The van der Waals surface area contributed by atoms with E-state index < -0.39 is 0 Å². The van der Waals surface area contributed by atoms with Gasteiger partial charge in [-0.3, -0.25) is 0 Å². The first kappa shape index (κ1) is 19.5. The number of ether oxygens (including phenoxy) is 1. The second-order valence-corrected chi connectivity index (χ2v) is 9.32. The Kier molecular flexibility index (Phi) is 5.48. The SMILES string of the molecule is CCc1nc2ccccc2n1[C@@H](C(=O)OC1C[C@H](C)CC[C@H]1C(C)C)C1CC1. The van der Waals surface area contributed by atoms with E-state index in [-0.39, 0.29) is 18.1 Å². The molecule has 0 amide bonds. The van der Waals surface area contributed by atoms with Gasteiger partial charge in [-0.25, -0.2) is 9.78 Å². The van der Waals surface area contributed by atoms with Crippen molar-refractivity contribution in [2.24, 2.45) is 23.7 Å². The number of esters is 1. The molecule has 4 nitrogen and oxygen atoms in total. The Morgan fingerprint density at radius 1 is 1.21 bits per heavy atom. The van der Waals surface area contributed by atoms with Crippen LogP contribution >= 0.6 is 0 Å². The zero-order chi connectivity index (χ0) is 19.8. The van der Waals surface area contributed by atoms with E-state index in [0.717, 1.165) is 42.5 Å². The fraction of sp³-hybridized carbons (Fsp3) is 0.667. The molecule has 0 N–H and O–H groups in total. The van der Waals surface area contributed by atoms with Gasteiger partial charge in [0.05, 0.1) is 11.0 Å². The van der Waals surface area contributed by atoms with Gasteiger partial charge in [-0.15, -0.1) is 0 Å². The lowest BCUT2D eigenvalue weighted by atomic mass is 9.75. The first-order valence-corrected chi connectivity index (χ1v) is 11.2. The molecule has 4 atom stereocenters. The van der Waals surface area contributed by atoms with Gasteiger partial charge in [0, 0.05) is 6.42 Å². The van der Waals surface area contributed by atoms with E-state index >= 15 is 0 Å². The quantitative estimate of drug-likeness (QED) is 0.615. The topological polar surface area (TPSA) is 44.1 Å². The van der Waals surface area contributed by atoms with Gasteiger partial charge in [0.15, 0.2) is 0 Å². The normalized spacial score (nSPS) is 26.5. The molecular weight excluding hydrogens is 348 g/mol. The van der Waals surface area contributed by atoms with Crippen LogP contribution in [0.4, 0.5) is 0 Å². The number of imidazole rings is 1. The highest BCUT2D eigenvalue weighted by atomic mass is 16.5. The number of para-hydroxylation sites is 2. The first-order chi connectivity index (χ1) is 13.5. The molecule has 2 saturated carbocycles. The van der Waals surface area contributed by atoms with Crippen molar-refractivity contribution >= 4 is 17.0 Å². The summed E-state index contributed by atoms with van der Waals surface area (Å²) in [5.41, 5.74) is 2.04. The average Bonchev–Trinajstić information content (AvgIpc) is 3.43. The van der Waals surface area contributed by atoms with Crippen LogP contribution in [0.2, 0.25) is 0 Å². The van der Waals surface area contributed by atoms with Crippen LogP contribution in [0.3, 0.4) is 0 Å². The maximum atomic E-state index is 13.5. The van der Waals surface area contributed by atoms with Crippen LogP contribution in [0.25, 0.3) is 11.0 Å². The van der Waals surface area contributed by atoms with E-state index in [1.807, 2.05) is 18.2 Å². The third-order valence-electron chi connectivity index (χ3n) is 6.80. The maximum Gasteiger partial charge on any atom is 0.329 e. The molecule has 1 heterocycles. The highest BCUT2D eigenvalue weighted by Gasteiger charge is 2.42. The van der Waals surface area contributed by atoms with Crippen molar-refractivity contribution in [2.45, 2.75) is 78.4 Å². The number of benzene rings is 1. The molecule has 2 aliphatic carbocycles. The number of aryl methyl sites for hydroxylation is 1. The summed E-state index contributed by atoms with van der Waals surface area (Å²) < 4.78 is 8.47. The third-order valence-corrected chi connectivity index (χ3v) is 6.80. The summed E-state index contributed by atoms with van der Waals surface area (Å²) in [4.78, 5) is 18.3. The Hall–Kier alpha value is -1.84. The molecule has 0 radical (unpaired) electrons. The largest absolute Gasteiger partial charge is 0.461 e. The predicted molar refractivity (Wildman–Crippen MR) is 112 cm³/mol. The minimum atomic E-state index is -0.229. The standard InChI is InChI=1S/C24H34N2O2/c1-5-22-25-19-8-6-7-9-20(19)26(22)23(17-11-12-17)24(27)28-21-14-16(4)10-13-18(21)15(2)3/h6-9,15-18,21,23H,5,10-14H2,1-4H3/t16-,18+,21?,23-/m1/s1. The van der Waals surface area contributed by atoms with E-state index in [1.54, 1.807) is 0 Å². The summed E-state index contributed by atoms with van der Waals surface area (Å²) in [5, 5.41) is 0. The summed E-state index contributed by atoms with van der Waals surface area (Å²) in [6.07, 6.45) is 6.48. The predicted octanol–water partition coefficient (Wildman–Crippen LogP) is 5.55. The first-order valence-electron chi connectivity index (χ1n) is 11.2. The Balaban J connectivity index is 1.65. The molecule has 0 aliphatic heterocycles. The van der Waals surface area contributed by atoms with Crippen molar-refractivity contribution in [1.82, 2.24) is 9.55 Å². The van der Waals surface area contributed by atoms with Crippen molar-refractivity contribution < 1.29 is 9.53 Å². The lowest BCUT2D eigenvalue weighted by Crippen LogP contribution is -2.38. The Morgan fingerprint density at radius 3 is 2.64 bits per heavy atom.